The number of benzene rings is 2. The van der Waals surface area contributed by atoms with E-state index in [-0.39, 0.29) is 30.1 Å². The van der Waals surface area contributed by atoms with Crippen molar-refractivity contribution in [3.8, 4) is 0 Å². The molecule has 0 saturated carbocycles. The van der Waals surface area contributed by atoms with E-state index in [1.807, 2.05) is 12.1 Å². The highest BCUT2D eigenvalue weighted by atomic mass is 35.5. The molecule has 0 amide bonds. The van der Waals surface area contributed by atoms with Crippen molar-refractivity contribution in [1.29, 1.82) is 0 Å². The average Bonchev–Trinajstić information content (AvgIpc) is 2.82. The maximum Gasteiger partial charge on any atom is 0.462 e. The van der Waals surface area contributed by atoms with E-state index in [0.29, 0.717) is 0 Å². The summed E-state index contributed by atoms with van der Waals surface area (Å²) in [7, 11) is -0.200. The highest BCUT2D eigenvalue weighted by Crippen LogP contribution is 2.50. The summed E-state index contributed by atoms with van der Waals surface area (Å²) in [5, 5.41) is 0.769. The van der Waals surface area contributed by atoms with Crippen molar-refractivity contribution in [2.45, 2.75) is 63.5 Å². The summed E-state index contributed by atoms with van der Waals surface area (Å²) in [5.41, 5.74) is 3.49. The number of rotatable bonds is 2. The Hall–Kier alpha value is -1.29. The van der Waals surface area contributed by atoms with Gasteiger partial charge in [0.25, 0.3) is 0 Å². The topological polar surface area (TPSA) is 18.5 Å². The molecule has 2 aromatic rings. The molecule has 1 fully saturated rings. The minimum atomic E-state index is -0.306. The summed E-state index contributed by atoms with van der Waals surface area (Å²) in [6.07, 6.45) is 2.12. The van der Waals surface area contributed by atoms with Crippen LogP contribution in [-0.4, -0.2) is 18.3 Å². The SMILES string of the molecule is CC1(C)OB([C@H]2CCc3ccccc3[C@@H]2c2ccc(Cl)cc2)OC1(C)C. The molecular weight excluding hydrogens is 343 g/mol. The molecule has 1 aliphatic carbocycles. The van der Waals surface area contributed by atoms with Crippen LogP contribution in [0.2, 0.25) is 10.8 Å². The maximum absolute atomic E-state index is 6.45. The zero-order valence-electron chi connectivity index (χ0n) is 16.0. The molecule has 136 valence electrons. The van der Waals surface area contributed by atoms with Crippen LogP contribution in [0.4, 0.5) is 0 Å². The Balaban J connectivity index is 1.76. The Labute approximate surface area is 162 Å². The molecule has 4 rings (SSSR count). The molecule has 0 spiro atoms. The van der Waals surface area contributed by atoms with Crippen molar-refractivity contribution in [3.63, 3.8) is 0 Å². The van der Waals surface area contributed by atoms with Crippen LogP contribution in [0, 0.1) is 0 Å². The standard InChI is InChI=1S/C22H26BClO2/c1-21(2)22(3,4)26-23(25-21)19-14-11-15-7-5-6-8-18(15)20(19)16-9-12-17(24)13-10-16/h5-10,12-13,19-20H,11,14H2,1-4H3/t19-,20-/m0/s1. The second-order valence-corrected chi connectivity index (χ2v) is 8.99. The van der Waals surface area contributed by atoms with Crippen LogP contribution >= 0.6 is 11.6 Å². The lowest BCUT2D eigenvalue weighted by Gasteiger charge is -2.35. The molecule has 0 N–H and O–H groups in total. The zero-order chi connectivity index (χ0) is 18.5. The summed E-state index contributed by atoms with van der Waals surface area (Å²) in [4.78, 5) is 0. The highest BCUT2D eigenvalue weighted by molar-refractivity contribution is 6.48. The molecular formula is C22H26BClO2. The van der Waals surface area contributed by atoms with E-state index in [1.54, 1.807) is 0 Å². The van der Waals surface area contributed by atoms with Gasteiger partial charge in [-0.3, -0.25) is 0 Å². The lowest BCUT2D eigenvalue weighted by molar-refractivity contribution is 0.00578. The third kappa shape index (κ3) is 3.00. The number of fused-ring (bicyclic) bond motifs is 1. The lowest BCUT2D eigenvalue weighted by Crippen LogP contribution is -2.41. The van der Waals surface area contributed by atoms with Gasteiger partial charge in [-0.15, -0.1) is 0 Å². The molecule has 0 bridgehead atoms. The molecule has 26 heavy (non-hydrogen) atoms. The van der Waals surface area contributed by atoms with Crippen LogP contribution in [0.25, 0.3) is 0 Å². The molecule has 2 aromatic carbocycles. The van der Waals surface area contributed by atoms with Gasteiger partial charge < -0.3 is 9.31 Å². The van der Waals surface area contributed by atoms with E-state index >= 15 is 0 Å². The van der Waals surface area contributed by atoms with Gasteiger partial charge in [-0.2, -0.15) is 0 Å². The monoisotopic (exact) mass is 368 g/mol. The third-order valence-electron chi connectivity index (χ3n) is 6.42. The Morgan fingerprint density at radius 3 is 2.19 bits per heavy atom. The predicted molar refractivity (Wildman–Crippen MR) is 108 cm³/mol. The first-order valence-electron chi connectivity index (χ1n) is 9.47. The van der Waals surface area contributed by atoms with Crippen LogP contribution in [0.15, 0.2) is 48.5 Å². The van der Waals surface area contributed by atoms with Crippen molar-refractivity contribution in [2.75, 3.05) is 0 Å². The van der Waals surface area contributed by atoms with Gasteiger partial charge >= 0.3 is 7.12 Å². The summed E-state index contributed by atoms with van der Waals surface area (Å²) >= 11 is 6.14. The Morgan fingerprint density at radius 1 is 0.923 bits per heavy atom. The van der Waals surface area contributed by atoms with Crippen LogP contribution < -0.4 is 0 Å². The third-order valence-corrected chi connectivity index (χ3v) is 6.67. The van der Waals surface area contributed by atoms with Gasteiger partial charge in [0.1, 0.15) is 0 Å². The molecule has 1 aliphatic heterocycles. The first-order valence-corrected chi connectivity index (χ1v) is 9.85. The second-order valence-electron chi connectivity index (χ2n) is 8.56. The van der Waals surface area contributed by atoms with Gasteiger partial charge in [0.15, 0.2) is 0 Å². The van der Waals surface area contributed by atoms with Crippen LogP contribution in [-0.2, 0) is 15.7 Å². The van der Waals surface area contributed by atoms with Crippen molar-refractivity contribution in [3.05, 3.63) is 70.2 Å². The van der Waals surface area contributed by atoms with E-state index in [2.05, 4.69) is 64.1 Å². The van der Waals surface area contributed by atoms with Gasteiger partial charge in [0, 0.05) is 16.8 Å². The summed E-state index contributed by atoms with van der Waals surface area (Å²) in [6.45, 7) is 8.50. The van der Waals surface area contributed by atoms with Crippen molar-refractivity contribution in [1.82, 2.24) is 0 Å². The quantitative estimate of drug-likeness (QED) is 0.616. The predicted octanol–water partition coefficient (Wildman–Crippen LogP) is 5.88. The molecule has 0 unspecified atom stereocenters. The fourth-order valence-electron chi connectivity index (χ4n) is 4.24. The van der Waals surface area contributed by atoms with Crippen molar-refractivity contribution < 1.29 is 9.31 Å². The van der Waals surface area contributed by atoms with Crippen LogP contribution in [0.5, 0.6) is 0 Å². The molecule has 1 heterocycles. The fraction of sp³-hybridized carbons (Fsp3) is 0.455. The number of hydrogen-bond donors (Lipinski definition) is 0. The van der Waals surface area contributed by atoms with Crippen LogP contribution in [0.3, 0.4) is 0 Å². The Bertz CT molecular complexity index is 784. The number of aryl methyl sites for hydroxylation is 1. The molecule has 2 atom stereocenters. The average molecular weight is 369 g/mol. The smallest absolute Gasteiger partial charge is 0.403 e. The molecule has 4 heteroatoms. The highest BCUT2D eigenvalue weighted by Gasteiger charge is 2.55. The van der Waals surface area contributed by atoms with Crippen LogP contribution in [0.1, 0.15) is 56.7 Å². The first kappa shape index (κ1) is 18.1. The van der Waals surface area contributed by atoms with E-state index < -0.39 is 0 Å². The Kier molecular flexibility index (Phi) is 4.46. The Morgan fingerprint density at radius 2 is 1.54 bits per heavy atom. The van der Waals surface area contributed by atoms with E-state index in [1.165, 1.54) is 16.7 Å². The molecule has 0 aromatic heterocycles. The lowest BCUT2D eigenvalue weighted by atomic mass is 9.56. The molecule has 1 saturated heterocycles. The normalized spacial score (nSPS) is 26.6. The van der Waals surface area contributed by atoms with E-state index in [4.69, 9.17) is 20.9 Å². The number of hydrogen-bond acceptors (Lipinski definition) is 2. The van der Waals surface area contributed by atoms with E-state index in [0.717, 1.165) is 17.9 Å². The van der Waals surface area contributed by atoms with Crippen molar-refractivity contribution in [2.24, 2.45) is 0 Å². The van der Waals surface area contributed by atoms with E-state index in [9.17, 15) is 0 Å². The fourth-order valence-corrected chi connectivity index (χ4v) is 4.36. The minimum absolute atomic E-state index is 0.200. The minimum Gasteiger partial charge on any atom is -0.403 e. The van der Waals surface area contributed by atoms with Crippen molar-refractivity contribution >= 4 is 18.7 Å². The summed E-state index contributed by atoms with van der Waals surface area (Å²) in [6, 6.07) is 17.0. The molecule has 2 nitrogen and oxygen atoms in total. The van der Waals surface area contributed by atoms with Gasteiger partial charge in [0.05, 0.1) is 11.2 Å². The maximum atomic E-state index is 6.45. The largest absolute Gasteiger partial charge is 0.462 e. The zero-order valence-corrected chi connectivity index (χ0v) is 16.7. The molecule has 0 radical (unpaired) electrons. The second kappa shape index (κ2) is 6.40. The van der Waals surface area contributed by atoms with Gasteiger partial charge in [-0.05, 0) is 69.4 Å². The summed E-state index contributed by atoms with van der Waals surface area (Å²) < 4.78 is 12.9. The summed E-state index contributed by atoms with van der Waals surface area (Å²) in [5.74, 6) is 0.541. The number of halogens is 1. The van der Waals surface area contributed by atoms with Gasteiger partial charge in [-0.1, -0.05) is 48.0 Å². The molecule has 2 aliphatic rings. The van der Waals surface area contributed by atoms with Gasteiger partial charge in [0.2, 0.25) is 0 Å². The first-order chi connectivity index (χ1) is 12.3. The van der Waals surface area contributed by atoms with Gasteiger partial charge in [-0.25, -0.2) is 0 Å².